The molecular weight excluding hydrogens is 652 g/mol. The van der Waals surface area contributed by atoms with E-state index in [9.17, 15) is 9.59 Å². The zero-order valence-electron chi connectivity index (χ0n) is 29.0. The molecule has 9 nitrogen and oxygen atoms in total. The number of hydrogen-bond donors (Lipinski definition) is 1. The molecule has 0 bridgehead atoms. The van der Waals surface area contributed by atoms with E-state index in [0.717, 1.165) is 42.5 Å². The van der Waals surface area contributed by atoms with Crippen molar-refractivity contribution in [2.45, 2.75) is 77.2 Å². The average molecular weight is 694 g/mol. The predicted molar refractivity (Wildman–Crippen MR) is 191 cm³/mol. The lowest BCUT2D eigenvalue weighted by atomic mass is 9.95. The van der Waals surface area contributed by atoms with E-state index in [1.54, 1.807) is 46.5 Å². The Morgan fingerprint density at radius 2 is 1.51 bits per heavy atom. The van der Waals surface area contributed by atoms with E-state index in [1.165, 1.54) is 12.1 Å². The number of likely N-dealkylation sites (tertiary alicyclic amines) is 2. The number of carbonyl (C=O) groups excluding carboxylic acids is 2. The van der Waals surface area contributed by atoms with E-state index in [0.29, 0.717) is 53.3 Å². The van der Waals surface area contributed by atoms with Crippen molar-refractivity contribution in [3.05, 3.63) is 108 Å². The summed E-state index contributed by atoms with van der Waals surface area (Å²) in [6.07, 6.45) is 6.04. The molecule has 51 heavy (non-hydrogen) atoms. The van der Waals surface area contributed by atoms with Crippen LogP contribution in [0.15, 0.2) is 84.1 Å². The van der Waals surface area contributed by atoms with Gasteiger partial charge < -0.3 is 14.5 Å². The monoisotopic (exact) mass is 693 g/mol. The maximum atomic E-state index is 15.6. The van der Waals surface area contributed by atoms with Gasteiger partial charge in [0.1, 0.15) is 29.7 Å². The second kappa shape index (κ2) is 14.1. The summed E-state index contributed by atoms with van der Waals surface area (Å²) < 4.78 is 42.3. The first-order chi connectivity index (χ1) is 24.5. The van der Waals surface area contributed by atoms with Gasteiger partial charge >= 0.3 is 12.2 Å². The fourth-order valence-corrected chi connectivity index (χ4v) is 7.05. The normalized spacial score (nSPS) is 18.9. The topological polar surface area (TPSA) is 100 Å². The fourth-order valence-electron chi connectivity index (χ4n) is 7.05. The van der Waals surface area contributed by atoms with Crippen molar-refractivity contribution in [1.82, 2.24) is 19.8 Å². The maximum Gasteiger partial charge on any atom is 0.410 e. The van der Waals surface area contributed by atoms with Crippen molar-refractivity contribution in [3.8, 4) is 22.4 Å². The molecule has 264 valence electrons. The number of aliphatic imine (C=N–C) groups is 1. The third kappa shape index (κ3) is 7.43. The molecule has 7 rings (SSSR count). The number of ether oxygens (including phenoxy) is 2. The smallest absolute Gasteiger partial charge is 0.410 e. The Morgan fingerprint density at radius 3 is 2.18 bits per heavy atom. The van der Waals surface area contributed by atoms with Crippen LogP contribution in [0, 0.1) is 11.6 Å². The highest BCUT2D eigenvalue weighted by molar-refractivity contribution is 6.03. The Balaban J connectivity index is 0.994. The number of nitrogens with one attached hydrogen (secondary N) is 1. The average Bonchev–Trinajstić information content (AvgIpc) is 3.93. The first-order valence-electron chi connectivity index (χ1n) is 17.4. The standard InChI is InChI=1S/C40H41F2N5O4/c1-40(2,3)51-39(49)47-18-8-12-36(47)37-44-23-34(45-37)30-16-14-27(20-32(30)42)26-13-15-29(31(41)19-26)28-21-33(43-22-28)35-11-7-17-46(35)38(48)50-24-25-9-5-4-6-10-25/h4-6,9-10,13-16,19-20,22-23,35-36H,7-8,11-12,17-18,21,24H2,1-3H3,(H,44,45)/t35-,36-/m0/s1. The molecule has 0 radical (unpaired) electrons. The minimum absolute atomic E-state index is 0.195. The molecular formula is C40H41F2N5O4. The quantitative estimate of drug-likeness (QED) is 0.208. The third-order valence-electron chi connectivity index (χ3n) is 9.53. The van der Waals surface area contributed by atoms with E-state index < -0.39 is 23.3 Å². The highest BCUT2D eigenvalue weighted by atomic mass is 19.1. The second-order valence-corrected chi connectivity index (χ2v) is 14.2. The summed E-state index contributed by atoms with van der Waals surface area (Å²) in [6.45, 7) is 6.82. The van der Waals surface area contributed by atoms with Crippen LogP contribution in [0.5, 0.6) is 0 Å². The molecule has 0 saturated carbocycles. The van der Waals surface area contributed by atoms with Crippen LogP contribution >= 0.6 is 0 Å². The molecule has 4 aromatic rings. The Labute approximate surface area is 296 Å². The van der Waals surface area contributed by atoms with Crippen LogP contribution in [-0.4, -0.2) is 62.4 Å². The summed E-state index contributed by atoms with van der Waals surface area (Å²) in [5.41, 5.74) is 4.14. The Bertz CT molecular complexity index is 2000. The molecule has 11 heteroatoms. The van der Waals surface area contributed by atoms with Gasteiger partial charge in [0.2, 0.25) is 0 Å². The molecule has 3 aromatic carbocycles. The number of aromatic amines is 1. The summed E-state index contributed by atoms with van der Waals surface area (Å²) in [5, 5.41) is 0. The largest absolute Gasteiger partial charge is 0.445 e. The first kappa shape index (κ1) is 34.1. The van der Waals surface area contributed by atoms with Crippen molar-refractivity contribution in [1.29, 1.82) is 0 Å². The van der Waals surface area contributed by atoms with Crippen molar-refractivity contribution in [2.24, 2.45) is 4.99 Å². The highest BCUT2D eigenvalue weighted by Crippen LogP contribution is 2.36. The molecule has 1 N–H and O–H groups in total. The van der Waals surface area contributed by atoms with Crippen LogP contribution in [0.4, 0.5) is 18.4 Å². The van der Waals surface area contributed by atoms with Crippen LogP contribution in [0.25, 0.3) is 28.0 Å². The number of rotatable bonds is 7. The Hall–Kier alpha value is -5.32. The molecule has 4 heterocycles. The van der Waals surface area contributed by atoms with Gasteiger partial charge in [0.15, 0.2) is 0 Å². The van der Waals surface area contributed by atoms with Crippen LogP contribution in [0.1, 0.15) is 75.9 Å². The van der Waals surface area contributed by atoms with Crippen LogP contribution in [-0.2, 0) is 16.1 Å². The van der Waals surface area contributed by atoms with Crippen molar-refractivity contribution >= 4 is 23.5 Å². The molecule has 2 fully saturated rings. The number of carbonyl (C=O) groups is 2. The highest BCUT2D eigenvalue weighted by Gasteiger charge is 2.36. The molecule has 2 amide bonds. The summed E-state index contributed by atoms with van der Waals surface area (Å²) in [4.78, 5) is 41.4. The van der Waals surface area contributed by atoms with Gasteiger partial charge in [0.05, 0.1) is 24.0 Å². The molecule has 2 atom stereocenters. The van der Waals surface area contributed by atoms with Gasteiger partial charge in [0, 0.05) is 42.5 Å². The second-order valence-electron chi connectivity index (χ2n) is 14.2. The molecule has 0 spiro atoms. The van der Waals surface area contributed by atoms with Gasteiger partial charge in [-0.2, -0.15) is 0 Å². The number of imidazole rings is 1. The van der Waals surface area contributed by atoms with Crippen molar-refractivity contribution in [3.63, 3.8) is 0 Å². The molecule has 0 aliphatic carbocycles. The van der Waals surface area contributed by atoms with Crippen LogP contribution in [0.3, 0.4) is 0 Å². The minimum Gasteiger partial charge on any atom is -0.445 e. The summed E-state index contributed by atoms with van der Waals surface area (Å²) in [7, 11) is 0. The minimum atomic E-state index is -0.613. The maximum absolute atomic E-state index is 15.6. The predicted octanol–water partition coefficient (Wildman–Crippen LogP) is 9.08. The number of amides is 2. The van der Waals surface area contributed by atoms with Gasteiger partial charge in [-0.15, -0.1) is 0 Å². The van der Waals surface area contributed by atoms with E-state index in [-0.39, 0.29) is 24.8 Å². The molecule has 2 saturated heterocycles. The lowest BCUT2D eigenvalue weighted by Crippen LogP contribution is -2.40. The number of hydrogen-bond acceptors (Lipinski definition) is 6. The summed E-state index contributed by atoms with van der Waals surface area (Å²) >= 11 is 0. The van der Waals surface area contributed by atoms with Gasteiger partial charge in [0.25, 0.3) is 0 Å². The molecule has 0 unspecified atom stereocenters. The van der Waals surface area contributed by atoms with Gasteiger partial charge in [-0.25, -0.2) is 23.4 Å². The molecule has 1 aromatic heterocycles. The molecule has 3 aliphatic heterocycles. The number of halogens is 2. The van der Waals surface area contributed by atoms with Crippen LogP contribution < -0.4 is 0 Å². The van der Waals surface area contributed by atoms with Gasteiger partial charge in [-0.3, -0.25) is 14.8 Å². The first-order valence-corrected chi connectivity index (χ1v) is 17.4. The lowest BCUT2D eigenvalue weighted by Gasteiger charge is -2.27. The fraction of sp³-hybridized carbons (Fsp3) is 0.350. The van der Waals surface area contributed by atoms with Gasteiger partial charge in [-0.1, -0.05) is 48.5 Å². The van der Waals surface area contributed by atoms with Gasteiger partial charge in [-0.05, 0) is 86.9 Å². The lowest BCUT2D eigenvalue weighted by molar-refractivity contribution is 0.0218. The molecule has 3 aliphatic rings. The van der Waals surface area contributed by atoms with E-state index in [2.05, 4.69) is 15.0 Å². The SMILES string of the molecule is CC(C)(C)OC(=O)N1CCC[C@H]1c1ncc(-c2ccc(-c3ccc(C4=CN=C([C@@H]5CCCN5C(=O)OCc5ccccc5)C4)c(F)c3)cc2F)[nH]1. The zero-order valence-corrected chi connectivity index (χ0v) is 29.0. The van der Waals surface area contributed by atoms with Crippen LogP contribution in [0.2, 0.25) is 0 Å². The third-order valence-corrected chi connectivity index (χ3v) is 9.53. The zero-order chi connectivity index (χ0) is 35.7. The number of nitrogens with zero attached hydrogens (tertiary/aromatic N) is 4. The van der Waals surface area contributed by atoms with Crippen molar-refractivity contribution in [2.75, 3.05) is 13.1 Å². The number of aromatic nitrogens is 2. The number of benzene rings is 3. The summed E-state index contributed by atoms with van der Waals surface area (Å²) in [6, 6.07) is 18.7. The summed E-state index contributed by atoms with van der Waals surface area (Å²) in [5.74, 6) is -0.344. The number of H-pyrrole nitrogens is 1. The Morgan fingerprint density at radius 1 is 0.863 bits per heavy atom. The van der Waals surface area contributed by atoms with E-state index in [4.69, 9.17) is 9.47 Å². The van der Waals surface area contributed by atoms with E-state index in [1.807, 2.05) is 51.1 Å². The number of allylic oxidation sites excluding steroid dienone is 1. The Kier molecular flexibility index (Phi) is 9.46. The van der Waals surface area contributed by atoms with Crippen molar-refractivity contribution < 1.29 is 27.8 Å². The van der Waals surface area contributed by atoms with E-state index >= 15 is 8.78 Å².